The highest BCUT2D eigenvalue weighted by Gasteiger charge is 2.26. The fourth-order valence-corrected chi connectivity index (χ4v) is 2.51. The summed E-state index contributed by atoms with van der Waals surface area (Å²) >= 11 is 4.90. The Balaban J connectivity index is 1.96. The molecule has 0 bridgehead atoms. The van der Waals surface area contributed by atoms with E-state index in [9.17, 15) is 4.79 Å². The molecule has 20 heavy (non-hydrogen) atoms. The number of anilines is 1. The zero-order chi connectivity index (χ0) is 14.7. The van der Waals surface area contributed by atoms with Crippen molar-refractivity contribution in [3.8, 4) is 0 Å². The van der Waals surface area contributed by atoms with Crippen molar-refractivity contribution in [2.24, 2.45) is 11.7 Å². The van der Waals surface area contributed by atoms with Crippen LogP contribution in [-0.4, -0.2) is 42.0 Å². The number of hydrogen-bond acceptors (Lipinski definition) is 3. The number of amides is 1. The van der Waals surface area contributed by atoms with E-state index < -0.39 is 0 Å². The Bertz CT molecular complexity index is 510. The number of piperazine rings is 1. The molecule has 1 unspecified atom stereocenters. The molecular weight excluding hydrogens is 270 g/mol. The number of hydrogen-bond donors (Lipinski definition) is 1. The summed E-state index contributed by atoms with van der Waals surface area (Å²) in [6.07, 6.45) is 0. The first-order valence-corrected chi connectivity index (χ1v) is 7.29. The van der Waals surface area contributed by atoms with Gasteiger partial charge in [0.2, 0.25) is 5.91 Å². The number of rotatable bonds is 3. The summed E-state index contributed by atoms with van der Waals surface area (Å²) in [6.45, 7) is 7.00. The van der Waals surface area contributed by atoms with Crippen molar-refractivity contribution in [1.29, 1.82) is 0 Å². The van der Waals surface area contributed by atoms with Gasteiger partial charge >= 0.3 is 0 Å². The maximum absolute atomic E-state index is 12.2. The second-order valence-electron chi connectivity index (χ2n) is 5.28. The zero-order valence-electron chi connectivity index (χ0n) is 12.0. The molecule has 1 amide bonds. The summed E-state index contributed by atoms with van der Waals surface area (Å²) in [7, 11) is 0. The Morgan fingerprint density at radius 3 is 2.50 bits per heavy atom. The molecule has 1 aromatic carbocycles. The van der Waals surface area contributed by atoms with Gasteiger partial charge in [0.15, 0.2) is 0 Å². The van der Waals surface area contributed by atoms with E-state index in [-0.39, 0.29) is 16.8 Å². The van der Waals surface area contributed by atoms with Crippen molar-refractivity contribution >= 4 is 28.8 Å². The number of thiocarbonyl (C=S) groups is 1. The topological polar surface area (TPSA) is 49.6 Å². The zero-order valence-corrected chi connectivity index (χ0v) is 12.8. The van der Waals surface area contributed by atoms with Gasteiger partial charge in [-0.05, 0) is 31.5 Å². The highest BCUT2D eigenvalue weighted by molar-refractivity contribution is 7.80. The smallest absolute Gasteiger partial charge is 0.232 e. The van der Waals surface area contributed by atoms with E-state index in [2.05, 4.69) is 36.1 Å². The van der Waals surface area contributed by atoms with Crippen molar-refractivity contribution < 1.29 is 4.79 Å². The molecule has 0 radical (unpaired) electrons. The third kappa shape index (κ3) is 3.28. The van der Waals surface area contributed by atoms with Gasteiger partial charge < -0.3 is 15.5 Å². The van der Waals surface area contributed by atoms with Crippen molar-refractivity contribution in [3.63, 3.8) is 0 Å². The van der Waals surface area contributed by atoms with Crippen LogP contribution >= 0.6 is 12.2 Å². The lowest BCUT2D eigenvalue weighted by atomic mass is 10.1. The molecule has 2 N–H and O–H groups in total. The minimum atomic E-state index is -0.365. The van der Waals surface area contributed by atoms with Gasteiger partial charge in [-0.15, -0.1) is 0 Å². The maximum Gasteiger partial charge on any atom is 0.232 e. The predicted molar refractivity (Wildman–Crippen MR) is 85.9 cm³/mol. The monoisotopic (exact) mass is 291 g/mol. The van der Waals surface area contributed by atoms with Crippen LogP contribution in [0.3, 0.4) is 0 Å². The molecule has 1 fully saturated rings. The van der Waals surface area contributed by atoms with Gasteiger partial charge in [-0.1, -0.05) is 24.4 Å². The summed E-state index contributed by atoms with van der Waals surface area (Å²) in [5, 5.41) is 0. The van der Waals surface area contributed by atoms with E-state index in [1.54, 1.807) is 6.92 Å². The first kappa shape index (κ1) is 14.8. The Morgan fingerprint density at radius 2 is 1.95 bits per heavy atom. The summed E-state index contributed by atoms with van der Waals surface area (Å²) in [4.78, 5) is 16.6. The molecule has 0 aromatic heterocycles. The largest absolute Gasteiger partial charge is 0.393 e. The Kier molecular flexibility index (Phi) is 4.60. The van der Waals surface area contributed by atoms with E-state index in [1.807, 2.05) is 4.90 Å². The minimum absolute atomic E-state index is 0.0430. The number of nitrogens with zero attached hydrogens (tertiary/aromatic N) is 2. The van der Waals surface area contributed by atoms with Crippen LogP contribution in [0.1, 0.15) is 12.5 Å². The van der Waals surface area contributed by atoms with Crippen LogP contribution in [0, 0.1) is 12.8 Å². The van der Waals surface area contributed by atoms with Gasteiger partial charge in [0.1, 0.15) is 0 Å². The summed E-state index contributed by atoms with van der Waals surface area (Å²) < 4.78 is 0. The molecule has 1 atom stereocenters. The second kappa shape index (κ2) is 6.22. The number of benzene rings is 1. The van der Waals surface area contributed by atoms with E-state index in [1.165, 1.54) is 11.3 Å². The van der Waals surface area contributed by atoms with Gasteiger partial charge in [0, 0.05) is 31.9 Å². The van der Waals surface area contributed by atoms with Crippen LogP contribution in [0.25, 0.3) is 0 Å². The lowest BCUT2D eigenvalue weighted by Crippen LogP contribution is -2.51. The number of nitrogens with two attached hydrogens (primary N) is 1. The Labute approximate surface area is 125 Å². The molecule has 0 saturated carbocycles. The molecule has 1 aliphatic rings. The van der Waals surface area contributed by atoms with Crippen LogP contribution < -0.4 is 10.6 Å². The lowest BCUT2D eigenvalue weighted by Gasteiger charge is -2.37. The SMILES string of the molecule is Cc1cccc(N2CCN(C(=O)C(C)C(N)=S)CC2)c1. The highest BCUT2D eigenvalue weighted by Crippen LogP contribution is 2.18. The molecule has 5 heteroatoms. The molecule has 108 valence electrons. The quantitative estimate of drug-likeness (QED) is 0.859. The molecule has 4 nitrogen and oxygen atoms in total. The molecule has 1 aliphatic heterocycles. The normalized spacial score (nSPS) is 16.9. The van der Waals surface area contributed by atoms with E-state index >= 15 is 0 Å². The van der Waals surface area contributed by atoms with Crippen LogP contribution in [0.5, 0.6) is 0 Å². The van der Waals surface area contributed by atoms with Crippen LogP contribution in [0.15, 0.2) is 24.3 Å². The third-order valence-corrected chi connectivity index (χ3v) is 4.11. The minimum Gasteiger partial charge on any atom is -0.393 e. The van der Waals surface area contributed by atoms with Crippen molar-refractivity contribution in [2.45, 2.75) is 13.8 Å². The third-order valence-electron chi connectivity index (χ3n) is 3.76. The predicted octanol–water partition coefficient (Wildman–Crippen LogP) is 1.57. The van der Waals surface area contributed by atoms with Crippen LogP contribution in [0.4, 0.5) is 5.69 Å². The van der Waals surface area contributed by atoms with Crippen LogP contribution in [0.2, 0.25) is 0 Å². The average Bonchev–Trinajstić information content (AvgIpc) is 2.46. The molecule has 0 aliphatic carbocycles. The Morgan fingerprint density at radius 1 is 1.30 bits per heavy atom. The van der Waals surface area contributed by atoms with Gasteiger partial charge in [-0.2, -0.15) is 0 Å². The van der Waals surface area contributed by atoms with Gasteiger partial charge in [0.25, 0.3) is 0 Å². The lowest BCUT2D eigenvalue weighted by molar-refractivity contribution is -0.133. The van der Waals surface area contributed by atoms with Crippen LogP contribution in [-0.2, 0) is 4.79 Å². The molecule has 1 heterocycles. The highest BCUT2D eigenvalue weighted by atomic mass is 32.1. The molecule has 0 spiro atoms. The molecular formula is C15H21N3OS. The van der Waals surface area contributed by atoms with E-state index in [0.717, 1.165) is 26.2 Å². The van der Waals surface area contributed by atoms with Gasteiger partial charge in [0.05, 0.1) is 10.9 Å². The molecule has 2 rings (SSSR count). The first-order chi connectivity index (χ1) is 9.49. The molecule has 1 aromatic rings. The summed E-state index contributed by atoms with van der Waals surface area (Å²) in [5.41, 5.74) is 8.03. The van der Waals surface area contributed by atoms with Crippen molar-refractivity contribution in [3.05, 3.63) is 29.8 Å². The van der Waals surface area contributed by atoms with Crippen molar-refractivity contribution in [1.82, 2.24) is 4.90 Å². The number of carbonyl (C=O) groups excluding carboxylic acids is 1. The van der Waals surface area contributed by atoms with Crippen molar-refractivity contribution in [2.75, 3.05) is 31.1 Å². The number of carbonyl (C=O) groups is 1. The van der Waals surface area contributed by atoms with E-state index in [4.69, 9.17) is 18.0 Å². The van der Waals surface area contributed by atoms with Gasteiger partial charge in [-0.25, -0.2) is 0 Å². The first-order valence-electron chi connectivity index (χ1n) is 6.89. The standard InChI is InChI=1S/C15H21N3OS/c1-11-4-3-5-13(10-11)17-6-8-18(9-7-17)15(19)12(2)14(16)20/h3-5,10,12H,6-9H2,1-2H3,(H2,16,20). The maximum atomic E-state index is 12.2. The van der Waals surface area contributed by atoms with Gasteiger partial charge in [-0.3, -0.25) is 4.79 Å². The second-order valence-corrected chi connectivity index (χ2v) is 5.75. The fraction of sp³-hybridized carbons (Fsp3) is 0.467. The Hall–Kier alpha value is -1.62. The van der Waals surface area contributed by atoms with E-state index in [0.29, 0.717) is 0 Å². The average molecular weight is 291 g/mol. The summed E-state index contributed by atoms with van der Waals surface area (Å²) in [6, 6.07) is 8.45. The summed E-state index contributed by atoms with van der Waals surface area (Å²) in [5.74, 6) is -0.322. The molecule has 1 saturated heterocycles. The number of aryl methyl sites for hydroxylation is 1. The fourth-order valence-electron chi connectivity index (χ4n) is 2.41.